The number of hydrogen-bond acceptors (Lipinski definition) is 7. The molecule has 3 aliphatic rings. The van der Waals surface area contributed by atoms with Gasteiger partial charge < -0.3 is 24.0 Å². The van der Waals surface area contributed by atoms with E-state index in [2.05, 4.69) is 62.5 Å². The molecule has 0 spiro atoms. The van der Waals surface area contributed by atoms with Crippen LogP contribution in [-0.4, -0.2) is 63.2 Å². The topological polar surface area (TPSA) is 62.6 Å². The van der Waals surface area contributed by atoms with Gasteiger partial charge in [0.2, 0.25) is 0 Å². The summed E-state index contributed by atoms with van der Waals surface area (Å²) in [4.78, 5) is 21.5. The van der Waals surface area contributed by atoms with Gasteiger partial charge in [-0.15, -0.1) is 0 Å². The van der Waals surface area contributed by atoms with Crippen LogP contribution in [0.15, 0.2) is 42.7 Å². The molecule has 1 saturated heterocycles. The lowest BCUT2D eigenvalue weighted by molar-refractivity contribution is 0.187. The number of fused-ring (bicyclic) bond motifs is 3. The predicted molar refractivity (Wildman–Crippen MR) is 160 cm³/mol. The van der Waals surface area contributed by atoms with Crippen LogP contribution in [0.1, 0.15) is 36.7 Å². The van der Waals surface area contributed by atoms with Crippen molar-refractivity contribution in [2.75, 3.05) is 36.5 Å². The largest absolute Gasteiger partial charge is 0.462 e. The van der Waals surface area contributed by atoms with E-state index in [9.17, 15) is 0 Å². The number of likely N-dealkylation sites (tertiary alicyclic amines) is 1. The van der Waals surface area contributed by atoms with E-state index in [-0.39, 0.29) is 6.04 Å². The summed E-state index contributed by atoms with van der Waals surface area (Å²) in [6, 6.07) is 13.5. The summed E-state index contributed by atoms with van der Waals surface area (Å²) in [5, 5.41) is 3.54. The van der Waals surface area contributed by atoms with E-state index in [0.29, 0.717) is 36.9 Å². The Morgan fingerprint density at radius 1 is 1.05 bits per heavy atom. The highest BCUT2D eigenvalue weighted by molar-refractivity contribution is 6.36. The van der Waals surface area contributed by atoms with Gasteiger partial charge >= 0.3 is 6.01 Å². The highest BCUT2D eigenvalue weighted by Gasteiger charge is 2.32. The van der Waals surface area contributed by atoms with E-state index in [1.807, 2.05) is 18.5 Å². The minimum absolute atomic E-state index is 0.223. The normalized spacial score (nSPS) is 21.1. The fourth-order valence-corrected chi connectivity index (χ4v) is 6.97. The van der Waals surface area contributed by atoms with Crippen LogP contribution in [-0.2, 0) is 26.1 Å². The molecule has 0 N–H and O–H groups in total. The van der Waals surface area contributed by atoms with Crippen LogP contribution in [0.3, 0.4) is 0 Å². The van der Waals surface area contributed by atoms with Gasteiger partial charge in [-0.3, -0.25) is 0 Å². The SMILES string of the molecule is C[C@@H]1Cn2cnc(Cl)c2CN1c1nc(OCC2CCCN2C)nc2c1CCN(c1cccc3cccc(Cl)c13)C2. The number of ether oxygens (including phenoxy) is 1. The number of anilines is 2. The summed E-state index contributed by atoms with van der Waals surface area (Å²) in [5.41, 5.74) is 4.34. The van der Waals surface area contributed by atoms with E-state index in [0.717, 1.165) is 71.2 Å². The maximum absolute atomic E-state index is 6.71. The summed E-state index contributed by atoms with van der Waals surface area (Å²) in [7, 11) is 2.16. The maximum Gasteiger partial charge on any atom is 0.318 e. The van der Waals surface area contributed by atoms with Crippen LogP contribution < -0.4 is 14.5 Å². The van der Waals surface area contributed by atoms with Gasteiger partial charge in [0.25, 0.3) is 0 Å². The molecule has 0 radical (unpaired) electrons. The molecule has 1 fully saturated rings. The Hall–Kier alpha value is -3.07. The van der Waals surface area contributed by atoms with Crippen LogP contribution in [0.25, 0.3) is 10.8 Å². The summed E-state index contributed by atoms with van der Waals surface area (Å²) >= 11 is 13.2. The Labute approximate surface area is 244 Å². The molecule has 0 amide bonds. The zero-order chi connectivity index (χ0) is 27.4. The maximum atomic E-state index is 6.71. The van der Waals surface area contributed by atoms with Crippen molar-refractivity contribution in [2.24, 2.45) is 0 Å². The second-order valence-corrected chi connectivity index (χ2v) is 12.0. The van der Waals surface area contributed by atoms with Gasteiger partial charge in [-0.25, -0.2) is 4.98 Å². The number of aromatic nitrogens is 4. The van der Waals surface area contributed by atoms with Gasteiger partial charge in [-0.2, -0.15) is 9.97 Å². The van der Waals surface area contributed by atoms with E-state index < -0.39 is 0 Å². The monoisotopic (exact) mass is 577 g/mol. The summed E-state index contributed by atoms with van der Waals surface area (Å²) in [6.07, 6.45) is 4.99. The molecule has 0 saturated carbocycles. The van der Waals surface area contributed by atoms with Gasteiger partial charge in [-0.1, -0.05) is 47.5 Å². The number of halogens is 2. The number of imidazole rings is 1. The third-order valence-corrected chi connectivity index (χ3v) is 9.38. The van der Waals surface area contributed by atoms with Crippen LogP contribution in [0.5, 0.6) is 6.01 Å². The van der Waals surface area contributed by atoms with Gasteiger partial charge in [0.1, 0.15) is 12.4 Å². The van der Waals surface area contributed by atoms with E-state index in [1.165, 1.54) is 12.0 Å². The Morgan fingerprint density at radius 2 is 1.90 bits per heavy atom. The lowest BCUT2D eigenvalue weighted by Crippen LogP contribution is -2.43. The van der Waals surface area contributed by atoms with Crippen LogP contribution >= 0.6 is 23.2 Å². The predicted octanol–water partition coefficient (Wildman–Crippen LogP) is 5.58. The number of nitrogens with zero attached hydrogens (tertiary/aromatic N) is 7. The minimum atomic E-state index is 0.223. The molecule has 4 aromatic rings. The zero-order valence-corrected chi connectivity index (χ0v) is 24.4. The molecule has 208 valence electrons. The minimum Gasteiger partial charge on any atom is -0.462 e. The third-order valence-electron chi connectivity index (χ3n) is 8.75. The zero-order valence-electron chi connectivity index (χ0n) is 22.9. The molecular formula is C30H33Cl2N7O. The Balaban J connectivity index is 1.26. The van der Waals surface area contributed by atoms with Crippen molar-refractivity contribution in [1.82, 2.24) is 24.4 Å². The lowest BCUT2D eigenvalue weighted by Gasteiger charge is -2.39. The number of likely N-dealkylation sites (N-methyl/N-ethyl adjacent to an activating group) is 1. The second kappa shape index (κ2) is 10.4. The van der Waals surface area contributed by atoms with Gasteiger partial charge in [-0.05, 0) is 57.3 Å². The van der Waals surface area contributed by atoms with Crippen molar-refractivity contribution in [2.45, 2.75) is 57.9 Å². The quantitative estimate of drug-likeness (QED) is 0.307. The van der Waals surface area contributed by atoms with Crippen LogP contribution in [0, 0.1) is 0 Å². The molecule has 0 bridgehead atoms. The first-order valence-corrected chi connectivity index (χ1v) is 14.8. The van der Waals surface area contributed by atoms with E-state index >= 15 is 0 Å². The fraction of sp³-hybridized carbons (Fsp3) is 0.433. The smallest absolute Gasteiger partial charge is 0.318 e. The molecule has 5 heterocycles. The van der Waals surface area contributed by atoms with Crippen molar-refractivity contribution < 1.29 is 4.74 Å². The van der Waals surface area contributed by atoms with E-state index in [4.69, 9.17) is 37.9 Å². The molecular weight excluding hydrogens is 545 g/mol. The second-order valence-electron chi connectivity index (χ2n) is 11.2. The van der Waals surface area contributed by atoms with Crippen molar-refractivity contribution in [1.29, 1.82) is 0 Å². The van der Waals surface area contributed by atoms with Gasteiger partial charge in [0.05, 0.1) is 35.8 Å². The fourth-order valence-electron chi connectivity index (χ4n) is 6.48. The number of hydrogen-bond donors (Lipinski definition) is 0. The molecule has 1 unspecified atom stereocenters. The molecule has 2 aromatic carbocycles. The molecule has 10 heteroatoms. The molecule has 2 atom stereocenters. The number of rotatable bonds is 5. The van der Waals surface area contributed by atoms with Crippen LogP contribution in [0.4, 0.5) is 11.5 Å². The number of benzene rings is 2. The first-order chi connectivity index (χ1) is 19.5. The molecule has 0 aliphatic carbocycles. The molecule has 2 aromatic heterocycles. The average Bonchev–Trinajstić information content (AvgIpc) is 3.54. The Kier molecular flexibility index (Phi) is 6.72. The highest BCUT2D eigenvalue weighted by Crippen LogP contribution is 2.38. The molecule has 8 nitrogen and oxygen atoms in total. The summed E-state index contributed by atoms with van der Waals surface area (Å²) in [5.74, 6) is 0.950. The average molecular weight is 579 g/mol. The lowest BCUT2D eigenvalue weighted by atomic mass is 10.0. The summed E-state index contributed by atoms with van der Waals surface area (Å²) < 4.78 is 8.48. The standard InChI is InChI=1S/C30H33Cl2N7O/c1-19-14-38-18-33-28(32)26(38)16-39(19)29-22-11-13-37(25-10-4-7-20-6-3-9-23(31)27(20)25)15-24(22)34-30(35-29)40-17-21-8-5-12-36(21)2/h3-4,6-7,9-10,18-19,21H,5,8,11-17H2,1-2H3/t19-,21?/m1/s1. The molecule has 7 rings (SSSR count). The van der Waals surface area contributed by atoms with Crippen molar-refractivity contribution in [3.8, 4) is 6.01 Å². The Morgan fingerprint density at radius 3 is 2.73 bits per heavy atom. The van der Waals surface area contributed by atoms with Crippen molar-refractivity contribution in [3.05, 3.63) is 69.9 Å². The summed E-state index contributed by atoms with van der Waals surface area (Å²) in [6.45, 7) is 6.89. The van der Waals surface area contributed by atoms with Gasteiger partial charge in [0.15, 0.2) is 5.15 Å². The molecule has 40 heavy (non-hydrogen) atoms. The highest BCUT2D eigenvalue weighted by atomic mass is 35.5. The first-order valence-electron chi connectivity index (χ1n) is 14.1. The van der Waals surface area contributed by atoms with Crippen molar-refractivity contribution in [3.63, 3.8) is 0 Å². The van der Waals surface area contributed by atoms with E-state index in [1.54, 1.807) is 0 Å². The van der Waals surface area contributed by atoms with Crippen molar-refractivity contribution >= 4 is 45.5 Å². The van der Waals surface area contributed by atoms with Gasteiger partial charge in [0, 0.05) is 41.8 Å². The molecule has 3 aliphatic heterocycles. The third kappa shape index (κ3) is 4.56. The Bertz CT molecular complexity index is 1570. The first kappa shape index (κ1) is 25.9. The van der Waals surface area contributed by atoms with Crippen LogP contribution in [0.2, 0.25) is 10.2 Å².